The van der Waals surface area contributed by atoms with Gasteiger partial charge in [0.25, 0.3) is 11.6 Å². The first-order chi connectivity index (χ1) is 9.88. The summed E-state index contributed by atoms with van der Waals surface area (Å²) in [5.74, 6) is -1.48. The molecule has 0 fully saturated rings. The Morgan fingerprint density at radius 2 is 2.00 bits per heavy atom. The van der Waals surface area contributed by atoms with E-state index in [2.05, 4.69) is 5.32 Å². The Morgan fingerprint density at radius 3 is 2.62 bits per heavy atom. The fourth-order valence-electron chi connectivity index (χ4n) is 1.65. The molecule has 0 saturated carbocycles. The van der Waals surface area contributed by atoms with Crippen LogP contribution in [0.1, 0.15) is 10.4 Å². The fourth-order valence-corrected chi connectivity index (χ4v) is 1.83. The molecule has 0 unspecified atom stereocenters. The quantitative estimate of drug-likeness (QED) is 0.516. The number of hydrogen-bond donors (Lipinski definition) is 2. The lowest BCUT2D eigenvalue weighted by Gasteiger charge is -2.08. The molecular formula is C13H9ClFN3O3. The second-order valence-electron chi connectivity index (χ2n) is 4.11. The first-order valence-corrected chi connectivity index (χ1v) is 6.06. The van der Waals surface area contributed by atoms with E-state index in [4.69, 9.17) is 17.3 Å². The third-order valence-corrected chi connectivity index (χ3v) is 2.90. The van der Waals surface area contributed by atoms with Crippen LogP contribution in [0, 0.1) is 15.9 Å². The highest BCUT2D eigenvalue weighted by atomic mass is 35.5. The summed E-state index contributed by atoms with van der Waals surface area (Å²) in [4.78, 5) is 22.0. The van der Waals surface area contributed by atoms with Gasteiger partial charge in [0.2, 0.25) is 0 Å². The van der Waals surface area contributed by atoms with Gasteiger partial charge in [0.05, 0.1) is 16.2 Å². The lowest BCUT2D eigenvalue weighted by molar-refractivity contribution is -0.384. The van der Waals surface area contributed by atoms with Crippen LogP contribution >= 0.6 is 11.6 Å². The number of nitrogen functional groups attached to an aromatic ring is 1. The van der Waals surface area contributed by atoms with E-state index in [1.807, 2.05) is 0 Å². The van der Waals surface area contributed by atoms with Crippen LogP contribution in [0.25, 0.3) is 0 Å². The maximum absolute atomic E-state index is 13.6. The van der Waals surface area contributed by atoms with E-state index in [0.717, 1.165) is 18.2 Å². The van der Waals surface area contributed by atoms with E-state index in [-0.39, 0.29) is 22.6 Å². The maximum atomic E-state index is 13.6. The number of benzene rings is 2. The molecule has 0 aliphatic heterocycles. The third kappa shape index (κ3) is 3.26. The normalized spacial score (nSPS) is 10.2. The largest absolute Gasteiger partial charge is 0.398 e. The number of nitrogens with two attached hydrogens (primary N) is 1. The van der Waals surface area contributed by atoms with Gasteiger partial charge in [0, 0.05) is 22.8 Å². The van der Waals surface area contributed by atoms with Gasteiger partial charge in [-0.1, -0.05) is 11.6 Å². The van der Waals surface area contributed by atoms with Crippen molar-refractivity contribution in [2.75, 3.05) is 11.1 Å². The van der Waals surface area contributed by atoms with E-state index >= 15 is 0 Å². The zero-order valence-electron chi connectivity index (χ0n) is 10.5. The lowest BCUT2D eigenvalue weighted by Crippen LogP contribution is -2.15. The van der Waals surface area contributed by atoms with Gasteiger partial charge in [0.15, 0.2) is 0 Å². The number of nitro benzene ring substituents is 1. The molecule has 3 N–H and O–H groups in total. The van der Waals surface area contributed by atoms with Crippen LogP contribution in [0.5, 0.6) is 0 Å². The molecule has 2 aromatic rings. The lowest BCUT2D eigenvalue weighted by atomic mass is 10.1. The zero-order valence-corrected chi connectivity index (χ0v) is 11.2. The molecule has 0 spiro atoms. The second-order valence-corrected chi connectivity index (χ2v) is 4.54. The minimum absolute atomic E-state index is 0.0882. The van der Waals surface area contributed by atoms with E-state index in [1.54, 1.807) is 0 Å². The predicted molar refractivity (Wildman–Crippen MR) is 76.9 cm³/mol. The van der Waals surface area contributed by atoms with Gasteiger partial charge < -0.3 is 11.1 Å². The fraction of sp³-hybridized carbons (Fsp3) is 0. The number of non-ortho nitro benzene ring substituents is 1. The van der Waals surface area contributed by atoms with Crippen molar-refractivity contribution in [2.45, 2.75) is 0 Å². The van der Waals surface area contributed by atoms with Crippen molar-refractivity contribution in [3.63, 3.8) is 0 Å². The van der Waals surface area contributed by atoms with Crippen LogP contribution in [0.3, 0.4) is 0 Å². The van der Waals surface area contributed by atoms with Gasteiger partial charge in [-0.2, -0.15) is 0 Å². The van der Waals surface area contributed by atoms with Crippen LogP contribution in [0.4, 0.5) is 21.5 Å². The highest BCUT2D eigenvalue weighted by Crippen LogP contribution is 2.23. The van der Waals surface area contributed by atoms with Gasteiger partial charge in [-0.25, -0.2) is 4.39 Å². The molecule has 0 aliphatic carbocycles. The maximum Gasteiger partial charge on any atom is 0.271 e. The molecule has 6 nitrogen and oxygen atoms in total. The molecule has 0 saturated heterocycles. The Balaban J connectivity index is 2.31. The summed E-state index contributed by atoms with van der Waals surface area (Å²) < 4.78 is 13.6. The van der Waals surface area contributed by atoms with Crippen molar-refractivity contribution in [3.8, 4) is 0 Å². The molecule has 21 heavy (non-hydrogen) atoms. The highest BCUT2D eigenvalue weighted by molar-refractivity contribution is 6.31. The average Bonchev–Trinajstić information content (AvgIpc) is 2.40. The predicted octanol–water partition coefficient (Wildman–Crippen LogP) is 3.22. The molecule has 2 aromatic carbocycles. The Bertz CT molecular complexity index is 737. The number of anilines is 2. The number of nitrogens with one attached hydrogen (secondary N) is 1. The molecule has 0 aromatic heterocycles. The van der Waals surface area contributed by atoms with E-state index in [9.17, 15) is 19.3 Å². The van der Waals surface area contributed by atoms with Crippen LogP contribution in [-0.4, -0.2) is 10.8 Å². The van der Waals surface area contributed by atoms with Crippen LogP contribution in [-0.2, 0) is 0 Å². The van der Waals surface area contributed by atoms with E-state index < -0.39 is 16.6 Å². The highest BCUT2D eigenvalue weighted by Gasteiger charge is 2.15. The van der Waals surface area contributed by atoms with Crippen LogP contribution in [0.15, 0.2) is 36.4 Å². The minimum Gasteiger partial charge on any atom is -0.398 e. The van der Waals surface area contributed by atoms with Gasteiger partial charge in [-0.15, -0.1) is 0 Å². The number of nitrogens with zero attached hydrogens (tertiary/aromatic N) is 1. The van der Waals surface area contributed by atoms with Crippen molar-refractivity contribution >= 4 is 34.6 Å². The molecular weight excluding hydrogens is 301 g/mol. The molecule has 0 heterocycles. The van der Waals surface area contributed by atoms with Crippen molar-refractivity contribution in [2.24, 2.45) is 0 Å². The number of carbonyl (C=O) groups is 1. The molecule has 0 radical (unpaired) electrons. The molecule has 0 bridgehead atoms. The summed E-state index contributed by atoms with van der Waals surface area (Å²) in [7, 11) is 0. The first kappa shape index (κ1) is 14.7. The smallest absolute Gasteiger partial charge is 0.271 e. The standard InChI is InChI=1S/C13H9ClFN3O3/c14-7-1-3-9(11(16)5-7)13(19)17-12-6-8(18(20)21)2-4-10(12)15/h1-6H,16H2,(H,17,19). The first-order valence-electron chi connectivity index (χ1n) is 5.69. The number of rotatable bonds is 3. The zero-order chi connectivity index (χ0) is 15.6. The molecule has 8 heteroatoms. The monoisotopic (exact) mass is 309 g/mol. The summed E-state index contributed by atoms with van der Waals surface area (Å²) in [5.41, 5.74) is 5.21. The van der Waals surface area contributed by atoms with Crippen molar-refractivity contribution < 1.29 is 14.1 Å². The molecule has 1 amide bonds. The number of halogens is 2. The Hall–Kier alpha value is -2.67. The Labute approximate surface area is 123 Å². The molecule has 2 rings (SSSR count). The second kappa shape index (κ2) is 5.76. The van der Waals surface area contributed by atoms with Gasteiger partial charge in [0.1, 0.15) is 5.82 Å². The van der Waals surface area contributed by atoms with Crippen molar-refractivity contribution in [1.82, 2.24) is 0 Å². The third-order valence-electron chi connectivity index (χ3n) is 2.67. The number of nitro groups is 1. The molecule has 0 atom stereocenters. The topological polar surface area (TPSA) is 98.3 Å². The minimum atomic E-state index is -0.790. The SMILES string of the molecule is Nc1cc(Cl)ccc1C(=O)Nc1cc([N+](=O)[O-])ccc1F. The molecule has 108 valence electrons. The summed E-state index contributed by atoms with van der Waals surface area (Å²) >= 11 is 5.72. The van der Waals surface area contributed by atoms with Gasteiger partial charge >= 0.3 is 0 Å². The number of amides is 1. The van der Waals surface area contributed by atoms with E-state index in [0.29, 0.717) is 5.02 Å². The van der Waals surface area contributed by atoms with Crippen molar-refractivity contribution in [3.05, 3.63) is 62.9 Å². The average molecular weight is 310 g/mol. The van der Waals surface area contributed by atoms with Gasteiger partial charge in [-0.05, 0) is 24.3 Å². The number of hydrogen-bond acceptors (Lipinski definition) is 4. The Morgan fingerprint density at radius 1 is 1.29 bits per heavy atom. The number of carbonyl (C=O) groups excluding carboxylic acids is 1. The summed E-state index contributed by atoms with van der Waals surface area (Å²) in [6.07, 6.45) is 0. The summed E-state index contributed by atoms with van der Waals surface area (Å²) in [5, 5.41) is 13.2. The summed E-state index contributed by atoms with van der Waals surface area (Å²) in [6, 6.07) is 7.04. The van der Waals surface area contributed by atoms with E-state index in [1.165, 1.54) is 18.2 Å². The van der Waals surface area contributed by atoms with Crippen LogP contribution < -0.4 is 11.1 Å². The summed E-state index contributed by atoms with van der Waals surface area (Å²) in [6.45, 7) is 0. The van der Waals surface area contributed by atoms with Gasteiger partial charge in [-0.3, -0.25) is 14.9 Å². The molecule has 0 aliphatic rings. The van der Waals surface area contributed by atoms with Crippen LogP contribution in [0.2, 0.25) is 5.02 Å². The van der Waals surface area contributed by atoms with Crippen molar-refractivity contribution in [1.29, 1.82) is 0 Å². The Kier molecular flexibility index (Phi) is 4.04.